The van der Waals surface area contributed by atoms with Gasteiger partial charge in [-0.3, -0.25) is 23.7 Å². The molecule has 12 heteroatoms. The van der Waals surface area contributed by atoms with Crippen LogP contribution in [0.15, 0.2) is 64.0 Å². The SMILES string of the molecule is CCC(CC)COC(=O)[C@H](C)N[P@](=O)(OCC1=CCC(n2ccc(=O)[nH]c2=O)O1)Oc1ccccc1. The Kier molecular flexibility index (Phi) is 9.69. The molecule has 196 valence electrons. The standard InChI is InChI=1S/C24H32N3O8P/c1-4-18(5-2)15-32-23(29)17(3)26-36(31,35-19-9-7-6-8-10-19)33-16-20-11-12-22(34-20)27-14-13-21(28)25-24(27)30/h6-11,13-14,17-18,22H,4-5,12,15-16H2,1-3H3,(H,26,31)(H,25,28,30)/t17-,22?,36-/m0/s1. The van der Waals surface area contributed by atoms with Crippen LogP contribution >= 0.6 is 7.75 Å². The molecule has 3 rings (SSSR count). The zero-order chi connectivity index (χ0) is 26.1. The first-order valence-electron chi connectivity index (χ1n) is 11.8. The third-order valence-electron chi connectivity index (χ3n) is 5.66. The van der Waals surface area contributed by atoms with Gasteiger partial charge in [0, 0.05) is 18.7 Å². The maximum atomic E-state index is 13.6. The number of nitrogens with one attached hydrogen (secondary N) is 2. The number of benzene rings is 1. The van der Waals surface area contributed by atoms with E-state index in [-0.39, 0.29) is 24.9 Å². The lowest BCUT2D eigenvalue weighted by atomic mass is 10.1. The lowest BCUT2D eigenvalue weighted by Gasteiger charge is -2.24. The van der Waals surface area contributed by atoms with Crippen molar-refractivity contribution in [2.75, 3.05) is 13.2 Å². The summed E-state index contributed by atoms with van der Waals surface area (Å²) in [5, 5.41) is 2.64. The number of hydrogen-bond acceptors (Lipinski definition) is 8. The van der Waals surface area contributed by atoms with Gasteiger partial charge in [0.25, 0.3) is 5.56 Å². The van der Waals surface area contributed by atoms with Crippen LogP contribution in [-0.2, 0) is 23.4 Å². The van der Waals surface area contributed by atoms with Crippen LogP contribution in [0.2, 0.25) is 0 Å². The first-order valence-corrected chi connectivity index (χ1v) is 13.4. The van der Waals surface area contributed by atoms with Crippen molar-refractivity contribution < 1.29 is 27.9 Å². The van der Waals surface area contributed by atoms with Crippen LogP contribution in [0.4, 0.5) is 0 Å². The number of para-hydroxylation sites is 1. The summed E-state index contributed by atoms with van der Waals surface area (Å²) in [5.41, 5.74) is -1.12. The zero-order valence-electron chi connectivity index (χ0n) is 20.5. The Bertz CT molecular complexity index is 1210. The molecule has 0 bridgehead atoms. The molecule has 0 amide bonds. The van der Waals surface area contributed by atoms with E-state index >= 15 is 0 Å². The maximum absolute atomic E-state index is 13.6. The van der Waals surface area contributed by atoms with Gasteiger partial charge in [0.15, 0.2) is 6.23 Å². The predicted octanol–water partition coefficient (Wildman–Crippen LogP) is 3.50. The number of carbonyl (C=O) groups excluding carboxylic acids is 1. The van der Waals surface area contributed by atoms with E-state index < -0.39 is 37.2 Å². The number of esters is 1. The fourth-order valence-corrected chi connectivity index (χ4v) is 4.87. The molecular formula is C24H32N3O8P. The molecule has 0 fully saturated rings. The average Bonchev–Trinajstić information content (AvgIpc) is 3.32. The van der Waals surface area contributed by atoms with Gasteiger partial charge in [0.05, 0.1) is 6.61 Å². The second-order valence-corrected chi connectivity index (χ2v) is 10.0. The number of ether oxygens (including phenoxy) is 2. The number of H-pyrrole nitrogens is 1. The van der Waals surface area contributed by atoms with E-state index in [0.29, 0.717) is 12.2 Å². The summed E-state index contributed by atoms with van der Waals surface area (Å²) in [5.74, 6) is 0.279. The maximum Gasteiger partial charge on any atom is 0.459 e. The van der Waals surface area contributed by atoms with Crippen molar-refractivity contribution in [3.05, 3.63) is 75.3 Å². The molecule has 1 unspecified atom stereocenters. The summed E-state index contributed by atoms with van der Waals surface area (Å²) in [4.78, 5) is 38.0. The van der Waals surface area contributed by atoms with Crippen molar-refractivity contribution in [1.82, 2.24) is 14.6 Å². The Morgan fingerprint density at radius 3 is 2.61 bits per heavy atom. The third kappa shape index (κ3) is 7.68. The fraction of sp³-hybridized carbons (Fsp3) is 0.458. The van der Waals surface area contributed by atoms with Crippen molar-refractivity contribution >= 4 is 13.7 Å². The lowest BCUT2D eigenvalue weighted by Crippen LogP contribution is -2.36. The van der Waals surface area contributed by atoms with Crippen molar-refractivity contribution in [2.45, 2.75) is 52.3 Å². The third-order valence-corrected chi connectivity index (χ3v) is 7.29. The van der Waals surface area contributed by atoms with E-state index in [1.54, 1.807) is 36.4 Å². The normalized spacial score (nSPS) is 17.7. The topological polar surface area (TPSA) is 138 Å². The van der Waals surface area contributed by atoms with Gasteiger partial charge in [0.1, 0.15) is 24.2 Å². The Balaban J connectivity index is 1.65. The molecule has 0 spiro atoms. The van der Waals surface area contributed by atoms with Crippen LogP contribution in [0.1, 0.15) is 46.3 Å². The van der Waals surface area contributed by atoms with Gasteiger partial charge in [-0.2, -0.15) is 5.09 Å². The van der Waals surface area contributed by atoms with Crippen LogP contribution < -0.4 is 20.9 Å². The summed E-state index contributed by atoms with van der Waals surface area (Å²) >= 11 is 0. The zero-order valence-corrected chi connectivity index (χ0v) is 21.4. The van der Waals surface area contributed by atoms with E-state index in [0.717, 1.165) is 12.8 Å². The summed E-state index contributed by atoms with van der Waals surface area (Å²) in [7, 11) is -4.06. The predicted molar refractivity (Wildman–Crippen MR) is 132 cm³/mol. The smallest absolute Gasteiger partial charge is 0.459 e. The van der Waals surface area contributed by atoms with E-state index in [1.165, 1.54) is 23.8 Å². The molecule has 2 N–H and O–H groups in total. The Morgan fingerprint density at radius 2 is 1.94 bits per heavy atom. The van der Waals surface area contributed by atoms with Gasteiger partial charge in [0.2, 0.25) is 0 Å². The average molecular weight is 522 g/mol. The fourth-order valence-electron chi connectivity index (χ4n) is 3.42. The van der Waals surface area contributed by atoms with Crippen molar-refractivity contribution in [3.63, 3.8) is 0 Å². The summed E-state index contributed by atoms with van der Waals surface area (Å²) in [6, 6.07) is 8.66. The number of aromatic amines is 1. The number of carbonyl (C=O) groups is 1. The minimum absolute atomic E-state index is 0.249. The Labute approximate surface area is 209 Å². The van der Waals surface area contributed by atoms with Crippen LogP contribution in [0.3, 0.4) is 0 Å². The summed E-state index contributed by atoms with van der Waals surface area (Å²) < 4.78 is 37.2. The molecule has 36 heavy (non-hydrogen) atoms. The molecule has 0 saturated heterocycles. The van der Waals surface area contributed by atoms with Crippen LogP contribution in [0, 0.1) is 5.92 Å². The van der Waals surface area contributed by atoms with Gasteiger partial charge < -0.3 is 14.0 Å². The highest BCUT2D eigenvalue weighted by atomic mass is 31.2. The number of aromatic nitrogens is 2. The number of nitrogens with zero attached hydrogens (tertiary/aromatic N) is 1. The quantitative estimate of drug-likeness (QED) is 0.300. The van der Waals surface area contributed by atoms with Crippen molar-refractivity contribution in [2.24, 2.45) is 5.92 Å². The molecule has 11 nitrogen and oxygen atoms in total. The minimum Gasteiger partial charge on any atom is -0.472 e. The van der Waals surface area contributed by atoms with Gasteiger partial charge in [-0.1, -0.05) is 44.9 Å². The molecule has 3 atom stereocenters. The molecular weight excluding hydrogens is 489 g/mol. The van der Waals surface area contributed by atoms with Gasteiger partial charge in [-0.05, 0) is 31.1 Å². The molecule has 2 heterocycles. The van der Waals surface area contributed by atoms with Crippen LogP contribution in [-0.4, -0.2) is 34.8 Å². The molecule has 1 aliphatic heterocycles. The number of rotatable bonds is 13. The van der Waals surface area contributed by atoms with E-state index in [2.05, 4.69) is 10.1 Å². The van der Waals surface area contributed by atoms with E-state index in [1.807, 2.05) is 13.8 Å². The molecule has 1 aliphatic rings. The van der Waals surface area contributed by atoms with Crippen molar-refractivity contribution in [1.29, 1.82) is 0 Å². The summed E-state index contributed by atoms with van der Waals surface area (Å²) in [6.07, 6.45) is 4.43. The van der Waals surface area contributed by atoms with E-state index in [9.17, 15) is 18.9 Å². The largest absolute Gasteiger partial charge is 0.472 e. The molecule has 2 aromatic rings. The van der Waals surface area contributed by atoms with Gasteiger partial charge in [-0.15, -0.1) is 0 Å². The lowest BCUT2D eigenvalue weighted by molar-refractivity contribution is -0.146. The Morgan fingerprint density at radius 1 is 1.22 bits per heavy atom. The van der Waals surface area contributed by atoms with Crippen LogP contribution in [0.5, 0.6) is 5.75 Å². The second-order valence-electron chi connectivity index (χ2n) is 8.33. The first-order chi connectivity index (χ1) is 17.2. The summed E-state index contributed by atoms with van der Waals surface area (Å²) in [6.45, 7) is 5.59. The second kappa shape index (κ2) is 12.7. The first kappa shape index (κ1) is 27.4. The van der Waals surface area contributed by atoms with Crippen molar-refractivity contribution in [3.8, 4) is 5.75 Å². The molecule has 0 radical (unpaired) electrons. The molecule has 0 saturated carbocycles. The highest BCUT2D eigenvalue weighted by molar-refractivity contribution is 7.52. The highest BCUT2D eigenvalue weighted by Crippen LogP contribution is 2.45. The van der Waals surface area contributed by atoms with Crippen LogP contribution in [0.25, 0.3) is 0 Å². The highest BCUT2D eigenvalue weighted by Gasteiger charge is 2.34. The Hall–Kier alpha value is -3.14. The monoisotopic (exact) mass is 521 g/mol. The van der Waals surface area contributed by atoms with Gasteiger partial charge in [-0.25, -0.2) is 9.36 Å². The van der Waals surface area contributed by atoms with E-state index in [4.69, 9.17) is 18.5 Å². The molecule has 1 aromatic carbocycles. The van der Waals surface area contributed by atoms with Gasteiger partial charge >= 0.3 is 19.4 Å². The minimum atomic E-state index is -4.06. The molecule has 0 aliphatic carbocycles. The molecule has 1 aromatic heterocycles. The number of hydrogen-bond donors (Lipinski definition) is 2.